The van der Waals surface area contributed by atoms with E-state index in [1.54, 1.807) is 60.7 Å². The molecule has 4 rings (SSSR count). The molecule has 3 atom stereocenters. The first-order chi connectivity index (χ1) is 23.0. The second-order valence-corrected chi connectivity index (χ2v) is 15.8. The van der Waals surface area contributed by atoms with Gasteiger partial charge in [0.15, 0.2) is 17.5 Å². The number of ether oxygens (including phenoxy) is 2. The summed E-state index contributed by atoms with van der Waals surface area (Å²) in [6.07, 6.45) is 4.35. The molecule has 1 heterocycles. The number of esters is 1. The number of rotatable bonds is 13. The van der Waals surface area contributed by atoms with Gasteiger partial charge in [-0.3, -0.25) is 0 Å². The normalized spacial score (nSPS) is 13.8. The molecule has 0 spiro atoms. The van der Waals surface area contributed by atoms with Gasteiger partial charge < -0.3 is 19.7 Å². The Kier molecular flexibility index (Phi) is 12.1. The first-order valence-electron chi connectivity index (χ1n) is 17.2. The fourth-order valence-electron chi connectivity index (χ4n) is 6.57. The lowest BCUT2D eigenvalue weighted by Crippen LogP contribution is -2.25. The van der Waals surface area contributed by atoms with Crippen LogP contribution in [0.3, 0.4) is 0 Å². The minimum atomic E-state index is -0.364. The highest BCUT2D eigenvalue weighted by molar-refractivity contribution is 5.90. The Labute approximate surface area is 292 Å². The van der Waals surface area contributed by atoms with E-state index in [9.17, 15) is 15.0 Å². The van der Waals surface area contributed by atoms with E-state index in [1.807, 2.05) is 0 Å². The summed E-state index contributed by atoms with van der Waals surface area (Å²) in [5, 5.41) is 21.3. The molecule has 8 heteroatoms. The quantitative estimate of drug-likeness (QED) is 0.135. The SMILES string of the molecule is COc1ccc(-c2nc(-c3ccc(C(=O)OCC(CCC(C)CC(C)(C)C)C(C)CC(C)(C)C)cc3)nc(-c3ccccc3O)n2)c(O)c1. The van der Waals surface area contributed by atoms with Crippen LogP contribution in [0, 0.1) is 28.6 Å². The maximum absolute atomic E-state index is 13.3. The fraction of sp³-hybridized carbons (Fsp3) is 0.463. The highest BCUT2D eigenvalue weighted by Crippen LogP contribution is 2.36. The van der Waals surface area contributed by atoms with Crippen LogP contribution in [0.15, 0.2) is 66.7 Å². The smallest absolute Gasteiger partial charge is 0.338 e. The predicted octanol–water partition coefficient (Wildman–Crippen LogP) is 9.99. The van der Waals surface area contributed by atoms with Crippen molar-refractivity contribution >= 4 is 5.97 Å². The van der Waals surface area contributed by atoms with Crippen molar-refractivity contribution in [2.75, 3.05) is 13.7 Å². The monoisotopic (exact) mass is 667 g/mol. The molecular weight excluding hydrogens is 614 g/mol. The van der Waals surface area contributed by atoms with Crippen molar-refractivity contribution in [2.45, 2.75) is 81.1 Å². The van der Waals surface area contributed by atoms with E-state index in [0.717, 1.165) is 25.7 Å². The Bertz CT molecular complexity index is 1710. The van der Waals surface area contributed by atoms with Gasteiger partial charge in [-0.2, -0.15) is 0 Å². The third kappa shape index (κ3) is 10.8. The number of carbonyl (C=O) groups excluding carboxylic acids is 1. The number of carbonyl (C=O) groups is 1. The molecule has 1 aromatic heterocycles. The van der Waals surface area contributed by atoms with Crippen LogP contribution in [0.5, 0.6) is 17.2 Å². The van der Waals surface area contributed by atoms with Crippen molar-refractivity contribution in [1.82, 2.24) is 15.0 Å². The van der Waals surface area contributed by atoms with Crippen LogP contribution >= 0.6 is 0 Å². The van der Waals surface area contributed by atoms with Crippen LogP contribution in [0.25, 0.3) is 34.2 Å². The van der Waals surface area contributed by atoms with Gasteiger partial charge in [-0.1, -0.05) is 86.1 Å². The molecule has 49 heavy (non-hydrogen) atoms. The van der Waals surface area contributed by atoms with E-state index in [2.05, 4.69) is 70.3 Å². The van der Waals surface area contributed by atoms with Crippen molar-refractivity contribution < 1.29 is 24.5 Å². The lowest BCUT2D eigenvalue weighted by Gasteiger charge is -2.31. The summed E-state index contributed by atoms with van der Waals surface area (Å²) in [4.78, 5) is 27.2. The van der Waals surface area contributed by atoms with E-state index in [4.69, 9.17) is 9.47 Å². The molecule has 3 unspecified atom stereocenters. The fourth-order valence-corrected chi connectivity index (χ4v) is 6.57. The summed E-state index contributed by atoms with van der Waals surface area (Å²) in [6.45, 7) is 18.6. The van der Waals surface area contributed by atoms with Gasteiger partial charge in [0.05, 0.1) is 30.4 Å². The maximum atomic E-state index is 13.3. The van der Waals surface area contributed by atoms with Crippen molar-refractivity contribution in [3.63, 3.8) is 0 Å². The zero-order chi connectivity index (χ0) is 35.9. The van der Waals surface area contributed by atoms with E-state index in [1.165, 1.54) is 13.2 Å². The summed E-state index contributed by atoms with van der Waals surface area (Å²) in [5.74, 6) is 2.15. The van der Waals surface area contributed by atoms with Crippen LogP contribution in [0.2, 0.25) is 0 Å². The zero-order valence-corrected chi connectivity index (χ0v) is 30.6. The lowest BCUT2D eigenvalue weighted by molar-refractivity contribution is 0.0356. The number of aromatic hydroxyl groups is 2. The molecule has 0 aliphatic rings. The third-order valence-electron chi connectivity index (χ3n) is 8.76. The molecule has 3 aromatic carbocycles. The second kappa shape index (κ2) is 15.8. The summed E-state index contributed by atoms with van der Waals surface area (Å²) in [5.41, 5.74) is 2.35. The topological polar surface area (TPSA) is 115 Å². The Balaban J connectivity index is 1.56. The molecule has 0 aliphatic heterocycles. The largest absolute Gasteiger partial charge is 0.507 e. The molecule has 0 radical (unpaired) electrons. The summed E-state index contributed by atoms with van der Waals surface area (Å²) in [7, 11) is 1.52. The zero-order valence-electron chi connectivity index (χ0n) is 30.6. The molecule has 2 N–H and O–H groups in total. The van der Waals surface area contributed by atoms with Gasteiger partial charge in [-0.05, 0) is 84.2 Å². The molecular formula is C41H53N3O5. The Morgan fingerprint density at radius 1 is 0.735 bits per heavy atom. The minimum Gasteiger partial charge on any atom is -0.507 e. The summed E-state index contributed by atoms with van der Waals surface area (Å²) >= 11 is 0. The van der Waals surface area contributed by atoms with Crippen LogP contribution in [0.1, 0.15) is 91.4 Å². The molecule has 0 saturated carbocycles. The van der Waals surface area contributed by atoms with E-state index in [-0.39, 0.29) is 45.9 Å². The Morgan fingerprint density at radius 2 is 1.33 bits per heavy atom. The van der Waals surface area contributed by atoms with Gasteiger partial charge in [-0.25, -0.2) is 19.7 Å². The minimum absolute atomic E-state index is 0.0152. The second-order valence-electron chi connectivity index (χ2n) is 15.8. The summed E-state index contributed by atoms with van der Waals surface area (Å²) in [6, 6.07) is 18.6. The molecule has 262 valence electrons. The summed E-state index contributed by atoms with van der Waals surface area (Å²) < 4.78 is 11.2. The van der Waals surface area contributed by atoms with Crippen molar-refractivity contribution in [3.05, 3.63) is 72.3 Å². The number of nitrogens with zero attached hydrogens (tertiary/aromatic N) is 3. The molecule has 0 aliphatic carbocycles. The molecule has 0 bridgehead atoms. The molecule has 0 saturated heterocycles. The van der Waals surface area contributed by atoms with Crippen LogP contribution in [-0.4, -0.2) is 44.9 Å². The van der Waals surface area contributed by atoms with Crippen molar-refractivity contribution in [2.24, 2.45) is 28.6 Å². The van der Waals surface area contributed by atoms with Gasteiger partial charge >= 0.3 is 5.97 Å². The third-order valence-corrected chi connectivity index (χ3v) is 8.76. The van der Waals surface area contributed by atoms with E-state index < -0.39 is 0 Å². The number of para-hydroxylation sites is 1. The number of aromatic nitrogens is 3. The molecule has 4 aromatic rings. The van der Waals surface area contributed by atoms with Crippen LogP contribution < -0.4 is 4.74 Å². The number of phenols is 2. The standard InChI is InChI=1S/C41H53N3O5/c1-26(23-40(3,4)5)14-15-30(27(2)24-41(6,7)8)25-49-39(47)29-18-16-28(17-19-29)36-42-37(32-12-10-11-13-34(32)45)44-38(43-36)33-21-20-31(48-9)22-35(33)46/h10-13,16-22,26-27,30,45-46H,14-15,23-25H2,1-9H3. The highest BCUT2D eigenvalue weighted by atomic mass is 16.5. The number of methoxy groups -OCH3 is 1. The number of hydrogen-bond donors (Lipinski definition) is 2. The van der Waals surface area contributed by atoms with Gasteiger partial charge in [0, 0.05) is 11.6 Å². The number of phenolic OH excluding ortho intramolecular Hbond substituents is 2. The average Bonchev–Trinajstić information content (AvgIpc) is 3.03. The van der Waals surface area contributed by atoms with Gasteiger partial charge in [-0.15, -0.1) is 0 Å². The number of benzene rings is 3. The highest BCUT2D eigenvalue weighted by Gasteiger charge is 2.26. The van der Waals surface area contributed by atoms with Crippen LogP contribution in [-0.2, 0) is 4.74 Å². The lowest BCUT2D eigenvalue weighted by atomic mass is 9.76. The van der Waals surface area contributed by atoms with E-state index >= 15 is 0 Å². The van der Waals surface area contributed by atoms with Gasteiger partial charge in [0.25, 0.3) is 0 Å². The number of hydrogen-bond acceptors (Lipinski definition) is 8. The first kappa shape index (κ1) is 37.4. The van der Waals surface area contributed by atoms with Crippen molar-refractivity contribution in [1.29, 1.82) is 0 Å². The predicted molar refractivity (Wildman–Crippen MR) is 195 cm³/mol. The molecule has 0 fully saturated rings. The molecule has 8 nitrogen and oxygen atoms in total. The average molecular weight is 668 g/mol. The first-order valence-corrected chi connectivity index (χ1v) is 17.2. The van der Waals surface area contributed by atoms with Crippen molar-refractivity contribution in [3.8, 4) is 51.4 Å². The maximum Gasteiger partial charge on any atom is 0.338 e. The van der Waals surface area contributed by atoms with Gasteiger partial charge in [0.2, 0.25) is 0 Å². The van der Waals surface area contributed by atoms with E-state index in [0.29, 0.717) is 52.3 Å². The Morgan fingerprint density at radius 3 is 1.90 bits per heavy atom. The molecule has 0 amide bonds. The Hall–Kier alpha value is -4.46. The van der Waals surface area contributed by atoms with Crippen LogP contribution in [0.4, 0.5) is 0 Å². The van der Waals surface area contributed by atoms with Gasteiger partial charge in [0.1, 0.15) is 17.2 Å².